The molecule has 2 heterocycles. The predicted molar refractivity (Wildman–Crippen MR) is 56.2 cm³/mol. The number of amides is 2. The highest BCUT2D eigenvalue weighted by Crippen LogP contribution is 2.22. The summed E-state index contributed by atoms with van der Waals surface area (Å²) in [5, 5.41) is 0.682. The van der Waals surface area contributed by atoms with E-state index < -0.39 is 17.4 Å². The van der Waals surface area contributed by atoms with Gasteiger partial charge in [0.2, 0.25) is 0 Å². The second-order valence-electron chi connectivity index (χ2n) is 3.60. The summed E-state index contributed by atoms with van der Waals surface area (Å²) in [6.07, 6.45) is 0.364. The first-order chi connectivity index (χ1) is 8.08. The molecule has 1 aliphatic heterocycles. The molecule has 1 aliphatic rings. The van der Waals surface area contributed by atoms with Crippen LogP contribution in [0.15, 0.2) is 15.3 Å². The van der Waals surface area contributed by atoms with Gasteiger partial charge in [0.25, 0.3) is 11.8 Å². The Morgan fingerprint density at radius 3 is 2.71 bits per heavy atom. The number of hydroxylamine groups is 2. The molecule has 0 saturated carbocycles. The number of aryl methyl sites for hydroxylation is 1. The zero-order valence-corrected chi connectivity index (χ0v) is 9.48. The number of carbonyl (C=O) groups is 2. The van der Waals surface area contributed by atoms with Crippen molar-refractivity contribution >= 4 is 11.8 Å². The van der Waals surface area contributed by atoms with Gasteiger partial charge < -0.3 is 4.42 Å². The van der Waals surface area contributed by atoms with Gasteiger partial charge in [0.1, 0.15) is 5.76 Å². The van der Waals surface area contributed by atoms with E-state index in [2.05, 4.69) is 0 Å². The summed E-state index contributed by atoms with van der Waals surface area (Å²) in [6.45, 7) is 1.82. The molecule has 0 aromatic carbocycles. The van der Waals surface area contributed by atoms with Crippen LogP contribution in [0.1, 0.15) is 28.6 Å². The molecule has 17 heavy (non-hydrogen) atoms. The molecule has 0 saturated heterocycles. The van der Waals surface area contributed by atoms with Gasteiger partial charge >= 0.3 is 5.63 Å². The van der Waals surface area contributed by atoms with Crippen LogP contribution in [-0.2, 0) is 22.5 Å². The molecular weight excluding hydrogens is 226 g/mol. The number of fused-ring (bicyclic) bond motifs is 1. The summed E-state index contributed by atoms with van der Waals surface area (Å²) in [4.78, 5) is 39.5. The van der Waals surface area contributed by atoms with E-state index in [0.717, 1.165) is 0 Å². The zero-order chi connectivity index (χ0) is 12.6. The molecule has 0 radical (unpaired) electrons. The summed E-state index contributed by atoms with van der Waals surface area (Å²) in [6, 6.07) is 1.26. The Morgan fingerprint density at radius 2 is 2.12 bits per heavy atom. The van der Waals surface area contributed by atoms with Crippen LogP contribution >= 0.6 is 0 Å². The lowest BCUT2D eigenvalue weighted by Gasteiger charge is -2.24. The van der Waals surface area contributed by atoms with Crippen LogP contribution in [0, 0.1) is 0 Å². The largest absolute Gasteiger partial charge is 0.426 e. The zero-order valence-electron chi connectivity index (χ0n) is 9.48. The first-order valence-electron chi connectivity index (χ1n) is 5.15. The first-order valence-corrected chi connectivity index (χ1v) is 5.15. The summed E-state index contributed by atoms with van der Waals surface area (Å²) in [7, 11) is 1.24. The Balaban J connectivity index is 2.65. The van der Waals surface area contributed by atoms with Gasteiger partial charge in [-0.05, 0) is 12.0 Å². The highest BCUT2D eigenvalue weighted by Gasteiger charge is 2.35. The molecule has 1 aromatic rings. The Labute approximate surface area is 96.7 Å². The topological polar surface area (TPSA) is 76.8 Å². The monoisotopic (exact) mass is 237 g/mol. The van der Waals surface area contributed by atoms with E-state index in [1.54, 1.807) is 0 Å². The average molecular weight is 237 g/mol. The lowest BCUT2D eigenvalue weighted by molar-refractivity contribution is -0.162. The maximum absolute atomic E-state index is 12.0. The molecule has 0 aliphatic carbocycles. The van der Waals surface area contributed by atoms with Crippen LogP contribution in [0.4, 0.5) is 0 Å². The molecule has 6 heteroatoms. The Morgan fingerprint density at radius 1 is 1.41 bits per heavy atom. The van der Waals surface area contributed by atoms with E-state index in [9.17, 15) is 14.4 Å². The lowest BCUT2D eigenvalue weighted by Crippen LogP contribution is -2.42. The first kappa shape index (κ1) is 11.5. The fraction of sp³-hybridized carbons (Fsp3) is 0.364. The minimum atomic E-state index is -0.584. The van der Waals surface area contributed by atoms with E-state index in [0.29, 0.717) is 17.0 Å². The second-order valence-corrected chi connectivity index (χ2v) is 3.60. The average Bonchev–Trinajstić information content (AvgIpc) is 2.27. The van der Waals surface area contributed by atoms with Crippen molar-refractivity contribution in [2.24, 2.45) is 0 Å². The minimum Gasteiger partial charge on any atom is -0.426 e. The second kappa shape index (κ2) is 4.14. The van der Waals surface area contributed by atoms with E-state index >= 15 is 0 Å². The molecular formula is C11H11NO5. The molecule has 2 amide bonds. The van der Waals surface area contributed by atoms with Crippen LogP contribution < -0.4 is 5.63 Å². The van der Waals surface area contributed by atoms with Gasteiger partial charge in [-0.15, -0.1) is 5.06 Å². The van der Waals surface area contributed by atoms with Crippen LogP contribution in [0.25, 0.3) is 0 Å². The molecule has 90 valence electrons. The van der Waals surface area contributed by atoms with Gasteiger partial charge in [-0.1, -0.05) is 6.92 Å². The van der Waals surface area contributed by atoms with E-state index in [4.69, 9.17) is 9.25 Å². The highest BCUT2D eigenvalue weighted by atomic mass is 16.7. The maximum atomic E-state index is 12.0. The predicted octanol–water partition coefficient (Wildman–Crippen LogP) is 0.288. The maximum Gasteiger partial charge on any atom is 0.336 e. The normalized spacial score (nSPS) is 15.1. The number of hydrogen-bond acceptors (Lipinski definition) is 5. The van der Waals surface area contributed by atoms with Crippen molar-refractivity contribution in [3.8, 4) is 0 Å². The fourth-order valence-electron chi connectivity index (χ4n) is 1.86. The summed E-state index contributed by atoms with van der Waals surface area (Å²) >= 11 is 0. The van der Waals surface area contributed by atoms with Crippen molar-refractivity contribution < 1.29 is 18.8 Å². The third kappa shape index (κ3) is 1.76. The van der Waals surface area contributed by atoms with Crippen LogP contribution in [0.3, 0.4) is 0 Å². The smallest absolute Gasteiger partial charge is 0.336 e. The molecule has 6 nitrogen and oxygen atoms in total. The van der Waals surface area contributed by atoms with Gasteiger partial charge in [0.15, 0.2) is 0 Å². The van der Waals surface area contributed by atoms with Gasteiger partial charge in [0, 0.05) is 6.07 Å². The molecule has 1 aromatic heterocycles. The van der Waals surface area contributed by atoms with Crippen LogP contribution in [0.5, 0.6) is 0 Å². The highest BCUT2D eigenvalue weighted by molar-refractivity contribution is 6.08. The van der Waals surface area contributed by atoms with Gasteiger partial charge in [-0.2, -0.15) is 0 Å². The molecule has 2 rings (SSSR count). The van der Waals surface area contributed by atoms with Crippen molar-refractivity contribution in [2.75, 3.05) is 7.11 Å². The third-order valence-corrected chi connectivity index (χ3v) is 2.62. The Bertz CT molecular complexity index is 545. The number of rotatable bonds is 2. The van der Waals surface area contributed by atoms with Gasteiger partial charge in [0.05, 0.1) is 19.1 Å². The van der Waals surface area contributed by atoms with Gasteiger partial charge in [-0.25, -0.2) is 4.79 Å². The SMILES string of the molecule is CCc1cc(=O)oc2c1C(=O)N(OC)C(=O)C2. The summed E-state index contributed by atoms with van der Waals surface area (Å²) < 4.78 is 4.90. The molecule has 0 bridgehead atoms. The Kier molecular flexibility index (Phi) is 2.81. The van der Waals surface area contributed by atoms with Crippen LogP contribution in [-0.4, -0.2) is 24.0 Å². The van der Waals surface area contributed by atoms with Crippen molar-refractivity contribution in [1.29, 1.82) is 0 Å². The molecule has 0 unspecified atom stereocenters. The third-order valence-electron chi connectivity index (χ3n) is 2.62. The Hall–Kier alpha value is -1.95. The van der Waals surface area contributed by atoms with Crippen molar-refractivity contribution in [2.45, 2.75) is 19.8 Å². The summed E-state index contributed by atoms with van der Waals surface area (Å²) in [5.41, 5.74) is 0.274. The fourth-order valence-corrected chi connectivity index (χ4v) is 1.86. The number of carbonyl (C=O) groups excluding carboxylic acids is 2. The van der Waals surface area contributed by atoms with Gasteiger partial charge in [-0.3, -0.25) is 14.4 Å². The molecule has 0 spiro atoms. The lowest BCUT2D eigenvalue weighted by atomic mass is 10.00. The van der Waals surface area contributed by atoms with Crippen molar-refractivity contribution in [1.82, 2.24) is 5.06 Å². The number of imide groups is 1. The quantitative estimate of drug-likeness (QED) is 0.691. The van der Waals surface area contributed by atoms with E-state index in [1.165, 1.54) is 13.2 Å². The summed E-state index contributed by atoms with van der Waals surface area (Å²) in [5.74, 6) is -1.00. The molecule has 0 N–H and O–H groups in total. The standard InChI is InChI=1S/C11H11NO5/c1-3-6-4-9(14)17-7-5-8(13)12(16-2)11(15)10(6)7/h4H,3,5H2,1-2H3. The van der Waals surface area contributed by atoms with Crippen molar-refractivity contribution in [3.05, 3.63) is 33.4 Å². The van der Waals surface area contributed by atoms with E-state index in [-0.39, 0.29) is 17.7 Å². The minimum absolute atomic E-state index is 0.123. The van der Waals surface area contributed by atoms with Crippen LogP contribution in [0.2, 0.25) is 0 Å². The van der Waals surface area contributed by atoms with Crippen molar-refractivity contribution in [3.63, 3.8) is 0 Å². The number of nitrogens with zero attached hydrogens (tertiary/aromatic N) is 1. The number of hydrogen-bond donors (Lipinski definition) is 0. The molecule has 0 atom stereocenters. The molecule has 0 fully saturated rings. The van der Waals surface area contributed by atoms with E-state index in [1.807, 2.05) is 6.92 Å².